The van der Waals surface area contributed by atoms with Gasteiger partial charge < -0.3 is 9.63 Å². The molecular weight excluding hydrogens is 444 g/mol. The SMILES string of the molecule is Cc1noc(-c2ccc(Br)cc2)c1C(O)c1cn(Cc2ccc(Cl)cc2)nn1. The van der Waals surface area contributed by atoms with Gasteiger partial charge in [-0.05, 0) is 36.8 Å². The molecule has 0 saturated carbocycles. The average molecular weight is 460 g/mol. The van der Waals surface area contributed by atoms with Crippen molar-refractivity contribution in [2.45, 2.75) is 19.6 Å². The summed E-state index contributed by atoms with van der Waals surface area (Å²) in [5, 5.41) is 23.9. The Balaban J connectivity index is 1.61. The van der Waals surface area contributed by atoms with Gasteiger partial charge in [-0.1, -0.05) is 62.2 Å². The monoisotopic (exact) mass is 458 g/mol. The van der Waals surface area contributed by atoms with E-state index in [9.17, 15) is 5.11 Å². The van der Waals surface area contributed by atoms with E-state index in [2.05, 4.69) is 31.4 Å². The van der Waals surface area contributed by atoms with Gasteiger partial charge in [-0.25, -0.2) is 4.68 Å². The van der Waals surface area contributed by atoms with Crippen LogP contribution >= 0.6 is 27.5 Å². The van der Waals surface area contributed by atoms with Crippen molar-refractivity contribution in [1.29, 1.82) is 0 Å². The van der Waals surface area contributed by atoms with Crippen LogP contribution in [0, 0.1) is 6.92 Å². The molecule has 1 unspecified atom stereocenters. The zero-order valence-electron chi connectivity index (χ0n) is 14.9. The first-order chi connectivity index (χ1) is 13.5. The zero-order chi connectivity index (χ0) is 19.7. The van der Waals surface area contributed by atoms with Crippen LogP contribution in [0.2, 0.25) is 5.02 Å². The van der Waals surface area contributed by atoms with E-state index in [1.54, 1.807) is 17.8 Å². The van der Waals surface area contributed by atoms with Crippen molar-refractivity contribution in [3.8, 4) is 11.3 Å². The minimum atomic E-state index is -0.996. The highest BCUT2D eigenvalue weighted by Gasteiger charge is 2.25. The van der Waals surface area contributed by atoms with Crippen LogP contribution < -0.4 is 0 Å². The number of aromatic nitrogens is 4. The van der Waals surface area contributed by atoms with Crippen LogP contribution in [0.5, 0.6) is 0 Å². The maximum atomic E-state index is 10.9. The Morgan fingerprint density at radius 1 is 1.14 bits per heavy atom. The molecule has 4 aromatic rings. The molecule has 2 heterocycles. The Labute approximate surface area is 174 Å². The molecule has 1 atom stereocenters. The summed E-state index contributed by atoms with van der Waals surface area (Å²) in [6.07, 6.45) is 0.723. The van der Waals surface area contributed by atoms with E-state index >= 15 is 0 Å². The lowest BCUT2D eigenvalue weighted by Gasteiger charge is -2.08. The second kappa shape index (κ2) is 7.87. The summed E-state index contributed by atoms with van der Waals surface area (Å²) in [5.74, 6) is 0.518. The molecule has 4 rings (SSSR count). The van der Waals surface area contributed by atoms with E-state index in [1.807, 2.05) is 48.5 Å². The average Bonchev–Trinajstić information content (AvgIpc) is 3.31. The summed E-state index contributed by atoms with van der Waals surface area (Å²) >= 11 is 9.34. The topological polar surface area (TPSA) is 77.0 Å². The molecule has 2 aromatic carbocycles. The number of hydrogen-bond acceptors (Lipinski definition) is 5. The molecule has 0 amide bonds. The third-order valence-corrected chi connectivity index (χ3v) is 5.16. The number of aliphatic hydroxyl groups excluding tert-OH is 1. The molecule has 8 heteroatoms. The maximum absolute atomic E-state index is 10.9. The molecule has 0 saturated heterocycles. The Morgan fingerprint density at radius 3 is 2.57 bits per heavy atom. The summed E-state index contributed by atoms with van der Waals surface area (Å²) in [6.45, 7) is 2.32. The van der Waals surface area contributed by atoms with Gasteiger partial charge in [0.2, 0.25) is 0 Å². The van der Waals surface area contributed by atoms with Gasteiger partial charge in [0.1, 0.15) is 11.8 Å². The molecule has 0 spiro atoms. The van der Waals surface area contributed by atoms with Gasteiger partial charge in [-0.15, -0.1) is 5.10 Å². The highest BCUT2D eigenvalue weighted by Crippen LogP contribution is 2.34. The van der Waals surface area contributed by atoms with Gasteiger partial charge >= 0.3 is 0 Å². The Bertz CT molecular complexity index is 1090. The van der Waals surface area contributed by atoms with Crippen LogP contribution in [0.4, 0.5) is 0 Å². The van der Waals surface area contributed by atoms with Crippen LogP contribution in [-0.2, 0) is 6.54 Å². The highest BCUT2D eigenvalue weighted by atomic mass is 79.9. The fourth-order valence-corrected chi connectivity index (χ4v) is 3.34. The van der Waals surface area contributed by atoms with Crippen LogP contribution in [0.3, 0.4) is 0 Å². The van der Waals surface area contributed by atoms with Crippen LogP contribution in [0.15, 0.2) is 63.7 Å². The van der Waals surface area contributed by atoms with Crippen molar-refractivity contribution in [2.24, 2.45) is 0 Å². The predicted molar refractivity (Wildman–Crippen MR) is 109 cm³/mol. The summed E-state index contributed by atoms with van der Waals surface area (Å²) in [4.78, 5) is 0. The Morgan fingerprint density at radius 2 is 1.86 bits per heavy atom. The summed E-state index contributed by atoms with van der Waals surface area (Å²) < 4.78 is 8.11. The summed E-state index contributed by atoms with van der Waals surface area (Å²) in [7, 11) is 0. The van der Waals surface area contributed by atoms with E-state index in [-0.39, 0.29) is 0 Å². The molecule has 6 nitrogen and oxygen atoms in total. The first-order valence-corrected chi connectivity index (χ1v) is 9.73. The van der Waals surface area contributed by atoms with E-state index in [4.69, 9.17) is 16.1 Å². The van der Waals surface area contributed by atoms with Gasteiger partial charge in [0, 0.05) is 15.1 Å². The van der Waals surface area contributed by atoms with Crippen molar-refractivity contribution in [1.82, 2.24) is 20.2 Å². The van der Waals surface area contributed by atoms with Crippen LogP contribution in [-0.4, -0.2) is 25.3 Å². The molecular formula is C20H16BrClN4O2. The number of hydrogen-bond donors (Lipinski definition) is 1. The Hall–Kier alpha value is -2.48. The second-order valence-electron chi connectivity index (χ2n) is 6.39. The number of aryl methyl sites for hydroxylation is 1. The zero-order valence-corrected chi connectivity index (χ0v) is 17.2. The van der Waals surface area contributed by atoms with Crippen molar-refractivity contribution in [3.63, 3.8) is 0 Å². The van der Waals surface area contributed by atoms with Crippen LogP contribution in [0.25, 0.3) is 11.3 Å². The maximum Gasteiger partial charge on any atom is 0.173 e. The molecule has 142 valence electrons. The van der Waals surface area contributed by atoms with Gasteiger partial charge in [-0.2, -0.15) is 0 Å². The largest absolute Gasteiger partial charge is 0.382 e. The first kappa shape index (κ1) is 18.9. The molecule has 0 aliphatic rings. The number of rotatable bonds is 5. The molecule has 28 heavy (non-hydrogen) atoms. The molecule has 1 N–H and O–H groups in total. The van der Waals surface area contributed by atoms with Gasteiger partial charge in [-0.3, -0.25) is 0 Å². The lowest BCUT2D eigenvalue weighted by atomic mass is 10.0. The quantitative estimate of drug-likeness (QED) is 0.464. The fourth-order valence-electron chi connectivity index (χ4n) is 2.95. The van der Waals surface area contributed by atoms with Gasteiger partial charge in [0.25, 0.3) is 0 Å². The van der Waals surface area contributed by atoms with Crippen molar-refractivity contribution >= 4 is 27.5 Å². The minimum Gasteiger partial charge on any atom is -0.382 e. The summed E-state index contributed by atoms with van der Waals surface area (Å²) in [5.41, 5.74) is 3.48. The molecule has 0 radical (unpaired) electrons. The van der Waals surface area contributed by atoms with Gasteiger partial charge in [0.05, 0.1) is 24.0 Å². The molecule has 0 bridgehead atoms. The lowest BCUT2D eigenvalue weighted by molar-refractivity contribution is 0.214. The van der Waals surface area contributed by atoms with Crippen molar-refractivity contribution < 1.29 is 9.63 Å². The molecule has 2 aromatic heterocycles. The summed E-state index contributed by atoms with van der Waals surface area (Å²) in [6, 6.07) is 15.1. The smallest absolute Gasteiger partial charge is 0.173 e. The van der Waals surface area contributed by atoms with E-state index in [0.29, 0.717) is 34.3 Å². The number of nitrogens with zero attached hydrogens (tertiary/aromatic N) is 4. The highest BCUT2D eigenvalue weighted by molar-refractivity contribution is 9.10. The molecule has 0 fully saturated rings. The lowest BCUT2D eigenvalue weighted by Crippen LogP contribution is -2.03. The standard InChI is InChI=1S/C20H16BrClN4O2/c1-12-18(20(28-24-12)14-4-6-15(21)7-5-14)19(27)17-11-26(25-23-17)10-13-2-8-16(22)9-3-13/h2-9,11,19,27H,10H2,1H3. The molecule has 0 aliphatic carbocycles. The fraction of sp³-hybridized carbons (Fsp3) is 0.150. The second-order valence-corrected chi connectivity index (χ2v) is 7.74. The van der Waals surface area contributed by atoms with Gasteiger partial charge in [0.15, 0.2) is 5.76 Å². The first-order valence-electron chi connectivity index (χ1n) is 8.56. The predicted octanol–water partition coefficient (Wildman–Crippen LogP) is 4.79. The van der Waals surface area contributed by atoms with Crippen molar-refractivity contribution in [2.75, 3.05) is 0 Å². The number of halogens is 2. The van der Waals surface area contributed by atoms with Crippen molar-refractivity contribution in [3.05, 3.63) is 86.7 Å². The third-order valence-electron chi connectivity index (χ3n) is 4.38. The van der Waals surface area contributed by atoms with Crippen LogP contribution in [0.1, 0.15) is 28.6 Å². The van der Waals surface area contributed by atoms with E-state index < -0.39 is 6.10 Å². The number of benzene rings is 2. The number of aliphatic hydroxyl groups is 1. The normalized spacial score (nSPS) is 12.3. The third kappa shape index (κ3) is 3.87. The van der Waals surface area contributed by atoms with E-state index in [0.717, 1.165) is 15.6 Å². The Kier molecular flexibility index (Phi) is 5.30. The van der Waals surface area contributed by atoms with E-state index in [1.165, 1.54) is 0 Å². The molecule has 0 aliphatic heterocycles. The minimum absolute atomic E-state index is 0.429.